The highest BCUT2D eigenvalue weighted by atomic mass is 31.2. The van der Waals surface area contributed by atoms with Crippen LogP contribution >= 0.6 is 7.60 Å². The van der Waals surface area contributed by atoms with Crippen LogP contribution in [-0.2, 0) is 9.30 Å². The van der Waals surface area contributed by atoms with Crippen molar-refractivity contribution < 1.29 is 29.0 Å². The van der Waals surface area contributed by atoms with Crippen LogP contribution in [0.15, 0.2) is 17.1 Å². The molecule has 0 bridgehead atoms. The maximum absolute atomic E-state index is 11.3. The van der Waals surface area contributed by atoms with E-state index in [1.807, 2.05) is 0 Å². The van der Waals surface area contributed by atoms with Crippen LogP contribution in [0.5, 0.6) is 0 Å². The molecule has 0 amide bonds. The molecule has 0 radical (unpaired) electrons. The molecule has 10 nitrogen and oxygen atoms in total. The summed E-state index contributed by atoms with van der Waals surface area (Å²) in [5, 5.41) is 8.93. The number of hydrogen-bond donors (Lipinski definition) is 4. The highest BCUT2D eigenvalue weighted by Crippen LogP contribution is 2.34. The molecule has 0 aliphatic heterocycles. The summed E-state index contributed by atoms with van der Waals surface area (Å²) >= 11 is 0. The first-order valence-electron chi connectivity index (χ1n) is 5.07. The van der Waals surface area contributed by atoms with Crippen molar-refractivity contribution in [2.24, 2.45) is 0 Å². The molecule has 0 saturated heterocycles. The molecule has 1 heterocycles. The lowest BCUT2D eigenvalue weighted by Crippen LogP contribution is -2.35. The predicted octanol–water partition coefficient (Wildman–Crippen LogP) is -2.23. The zero-order valence-electron chi connectivity index (χ0n) is 9.75. The molecule has 0 unspecified atom stereocenters. The number of aromatic nitrogens is 2. The van der Waals surface area contributed by atoms with E-state index in [2.05, 4.69) is 4.98 Å². The first-order valence-corrected chi connectivity index (χ1v) is 6.87. The molecule has 11 heteroatoms. The molecule has 1 rings (SSSR count). The molecule has 1 aromatic heterocycles. The van der Waals surface area contributed by atoms with E-state index in [4.69, 9.17) is 30.2 Å². The van der Waals surface area contributed by atoms with Gasteiger partial charge >= 0.3 is 13.3 Å². The molecule has 108 valence electrons. The van der Waals surface area contributed by atoms with Crippen LogP contribution in [0.4, 0.5) is 5.82 Å². The van der Waals surface area contributed by atoms with Gasteiger partial charge in [0.25, 0.3) is 0 Å². The van der Waals surface area contributed by atoms with E-state index in [9.17, 15) is 9.36 Å². The highest BCUT2D eigenvalue weighted by molar-refractivity contribution is 7.51. The number of aliphatic hydroxyl groups is 1. The van der Waals surface area contributed by atoms with Crippen molar-refractivity contribution in [3.63, 3.8) is 0 Å². The van der Waals surface area contributed by atoms with Gasteiger partial charge in [-0.05, 0) is 0 Å². The first-order chi connectivity index (χ1) is 8.81. The lowest BCUT2D eigenvalue weighted by atomic mass is 10.4. The molecule has 19 heavy (non-hydrogen) atoms. The van der Waals surface area contributed by atoms with Gasteiger partial charge in [-0.3, -0.25) is 4.57 Å². The van der Waals surface area contributed by atoms with E-state index in [0.29, 0.717) is 0 Å². The lowest BCUT2D eigenvalue weighted by Gasteiger charge is -2.16. The van der Waals surface area contributed by atoms with Crippen molar-refractivity contribution >= 4 is 13.4 Å². The van der Waals surface area contributed by atoms with Crippen molar-refractivity contribution in [1.82, 2.24) is 9.71 Å². The van der Waals surface area contributed by atoms with Gasteiger partial charge in [-0.15, -0.1) is 4.73 Å². The quantitative estimate of drug-likeness (QED) is 0.408. The largest absolute Gasteiger partial charge is 0.407 e. The summed E-state index contributed by atoms with van der Waals surface area (Å²) in [6, 6.07) is 1.33. The van der Waals surface area contributed by atoms with Crippen molar-refractivity contribution in [3.05, 3.63) is 22.7 Å². The SMILES string of the molecule is Nc1ccn(OC[C@@H](CO)OCP(=O)(O)O)c(=O)n1. The number of aliphatic hydroxyl groups excluding tert-OH is 1. The molecule has 0 aliphatic rings. The van der Waals surface area contributed by atoms with Crippen molar-refractivity contribution in [1.29, 1.82) is 0 Å². The maximum Gasteiger partial charge on any atom is 0.382 e. The summed E-state index contributed by atoms with van der Waals surface area (Å²) in [5.74, 6) is 0.0290. The summed E-state index contributed by atoms with van der Waals surface area (Å²) < 4.78 is 16.1. The van der Waals surface area contributed by atoms with Crippen LogP contribution < -0.4 is 16.3 Å². The number of nitrogens with zero attached hydrogens (tertiary/aromatic N) is 2. The standard InChI is InChI=1S/C8H14N3O7P/c9-7-1-2-11(8(13)10-7)18-4-6(3-12)17-5-19(14,15)16/h1-2,6,12H,3-5H2,(H2,9,10,13)(H2,14,15,16)/t6-/m1/s1. The number of rotatable bonds is 7. The fourth-order valence-corrected chi connectivity index (χ4v) is 1.43. The minimum absolute atomic E-state index is 0.0290. The Morgan fingerprint density at radius 1 is 1.53 bits per heavy atom. The van der Waals surface area contributed by atoms with Gasteiger partial charge in [0.15, 0.2) is 0 Å². The van der Waals surface area contributed by atoms with Gasteiger partial charge in [-0.1, -0.05) is 0 Å². The van der Waals surface area contributed by atoms with Gasteiger partial charge in [0.2, 0.25) is 0 Å². The predicted molar refractivity (Wildman–Crippen MR) is 63.2 cm³/mol. The lowest BCUT2D eigenvalue weighted by molar-refractivity contribution is -0.0375. The molecule has 1 atom stereocenters. The van der Waals surface area contributed by atoms with Crippen LogP contribution in [0.2, 0.25) is 0 Å². The van der Waals surface area contributed by atoms with Gasteiger partial charge in [0.1, 0.15) is 24.9 Å². The maximum atomic E-state index is 11.3. The third-order valence-electron chi connectivity index (χ3n) is 1.88. The Balaban J connectivity index is 2.53. The minimum atomic E-state index is -4.33. The molecular formula is C8H14N3O7P. The smallest absolute Gasteiger partial charge is 0.382 e. The monoisotopic (exact) mass is 295 g/mol. The van der Waals surface area contributed by atoms with Crippen molar-refractivity contribution in [2.75, 3.05) is 25.3 Å². The zero-order valence-corrected chi connectivity index (χ0v) is 10.6. The second kappa shape index (κ2) is 6.64. The Hall–Kier alpha value is -1.45. The number of anilines is 1. The summed E-state index contributed by atoms with van der Waals surface area (Å²) in [7, 11) is -4.33. The first kappa shape index (κ1) is 15.6. The Bertz CT molecular complexity index is 513. The Morgan fingerprint density at radius 3 is 2.74 bits per heavy atom. The number of ether oxygens (including phenoxy) is 1. The van der Waals surface area contributed by atoms with Crippen LogP contribution in [0.25, 0.3) is 0 Å². The van der Waals surface area contributed by atoms with Crippen LogP contribution in [0, 0.1) is 0 Å². The summed E-state index contributed by atoms with van der Waals surface area (Å²) in [5.41, 5.74) is 4.52. The molecule has 0 spiro atoms. The van der Waals surface area contributed by atoms with E-state index in [1.165, 1.54) is 12.3 Å². The molecule has 0 aliphatic carbocycles. The summed E-state index contributed by atoms with van der Waals surface area (Å²) in [6.45, 7) is -0.820. The molecule has 5 N–H and O–H groups in total. The van der Waals surface area contributed by atoms with E-state index in [0.717, 1.165) is 4.73 Å². The normalized spacial score (nSPS) is 13.2. The van der Waals surface area contributed by atoms with E-state index < -0.39 is 32.3 Å². The molecule has 0 fully saturated rings. The van der Waals surface area contributed by atoms with E-state index in [1.54, 1.807) is 0 Å². The average Bonchev–Trinajstić information content (AvgIpc) is 2.30. The average molecular weight is 295 g/mol. The number of nitrogen functional groups attached to an aromatic ring is 1. The number of hydrogen-bond acceptors (Lipinski definition) is 7. The Kier molecular flexibility index (Phi) is 5.45. The van der Waals surface area contributed by atoms with E-state index in [-0.39, 0.29) is 12.4 Å². The van der Waals surface area contributed by atoms with Gasteiger partial charge in [0, 0.05) is 6.07 Å². The number of nitrogens with two attached hydrogens (primary N) is 1. The van der Waals surface area contributed by atoms with Gasteiger partial charge in [0.05, 0.1) is 12.8 Å². The van der Waals surface area contributed by atoms with Crippen LogP contribution in [0.3, 0.4) is 0 Å². The van der Waals surface area contributed by atoms with Crippen LogP contribution in [0.1, 0.15) is 0 Å². The second-order valence-electron chi connectivity index (χ2n) is 3.52. The third-order valence-corrected chi connectivity index (χ3v) is 2.36. The minimum Gasteiger partial charge on any atom is -0.407 e. The molecular weight excluding hydrogens is 281 g/mol. The van der Waals surface area contributed by atoms with Gasteiger partial charge < -0.3 is 30.2 Å². The summed E-state index contributed by atoms with van der Waals surface area (Å²) in [4.78, 5) is 36.8. The van der Waals surface area contributed by atoms with Gasteiger partial charge in [-0.25, -0.2) is 4.79 Å². The van der Waals surface area contributed by atoms with Crippen molar-refractivity contribution in [2.45, 2.75) is 6.10 Å². The third kappa shape index (κ3) is 5.81. The fourth-order valence-electron chi connectivity index (χ4n) is 1.02. The Labute approximate surface area is 107 Å². The van der Waals surface area contributed by atoms with Crippen molar-refractivity contribution in [3.8, 4) is 0 Å². The topological polar surface area (TPSA) is 157 Å². The molecule has 0 aromatic carbocycles. The second-order valence-corrected chi connectivity index (χ2v) is 5.11. The molecule has 1 aromatic rings. The summed E-state index contributed by atoms with van der Waals surface area (Å²) in [6.07, 6.45) is -0.615. The fraction of sp³-hybridized carbons (Fsp3) is 0.500. The highest BCUT2D eigenvalue weighted by Gasteiger charge is 2.18. The van der Waals surface area contributed by atoms with Gasteiger partial charge in [-0.2, -0.15) is 4.98 Å². The Morgan fingerprint density at radius 2 is 2.21 bits per heavy atom. The zero-order chi connectivity index (χ0) is 14.5. The molecule has 0 saturated carbocycles. The van der Waals surface area contributed by atoms with Crippen LogP contribution in [-0.4, -0.2) is 50.3 Å². The van der Waals surface area contributed by atoms with E-state index >= 15 is 0 Å².